The Bertz CT molecular complexity index is 177. The first-order valence-corrected chi connectivity index (χ1v) is 5.75. The fraction of sp³-hybridized carbons (Fsp3) is 0.909. The second-order valence-corrected chi connectivity index (χ2v) is 4.15. The molecule has 1 aliphatic heterocycles. The summed E-state index contributed by atoms with van der Waals surface area (Å²) in [5, 5.41) is 22.4. The van der Waals surface area contributed by atoms with Crippen molar-refractivity contribution >= 4 is 0 Å². The maximum Gasteiger partial charge on any atom is 0.115 e. The maximum atomic E-state index is 9.74. The Morgan fingerprint density at radius 3 is 2.73 bits per heavy atom. The lowest BCUT2D eigenvalue weighted by atomic mass is 9.98. The van der Waals surface area contributed by atoms with Crippen LogP contribution in [0, 0.1) is 6.61 Å². The van der Waals surface area contributed by atoms with E-state index in [-0.39, 0.29) is 12.1 Å². The molecule has 0 amide bonds. The van der Waals surface area contributed by atoms with Crippen molar-refractivity contribution in [2.24, 2.45) is 0 Å². The monoisotopic (exact) mass is 216 g/mol. The molecule has 1 rings (SSSR count). The normalized spacial score (nSPS) is 36.8. The summed E-state index contributed by atoms with van der Waals surface area (Å²) >= 11 is 0. The summed E-state index contributed by atoms with van der Waals surface area (Å²) in [5.74, 6) is 0. The topological polar surface area (TPSA) is 61.7 Å². The molecule has 0 bridgehead atoms. The fourth-order valence-electron chi connectivity index (χ4n) is 1.79. The average Bonchev–Trinajstić information content (AvgIpc) is 2.23. The van der Waals surface area contributed by atoms with E-state index in [0.29, 0.717) is 0 Å². The lowest BCUT2D eigenvalue weighted by Gasteiger charge is -2.36. The van der Waals surface area contributed by atoms with Crippen LogP contribution >= 0.6 is 0 Å². The average molecular weight is 216 g/mol. The van der Waals surface area contributed by atoms with Gasteiger partial charge >= 0.3 is 0 Å². The lowest BCUT2D eigenvalue weighted by molar-refractivity contribution is -0.102. The minimum atomic E-state index is -0.884. The summed E-state index contributed by atoms with van der Waals surface area (Å²) in [5.41, 5.74) is 0. The van der Waals surface area contributed by atoms with Crippen molar-refractivity contribution in [3.8, 4) is 0 Å². The van der Waals surface area contributed by atoms with Crippen LogP contribution in [-0.2, 0) is 4.74 Å². The van der Waals surface area contributed by atoms with Gasteiger partial charge in [0.25, 0.3) is 0 Å². The van der Waals surface area contributed by atoms with Crippen molar-refractivity contribution in [2.75, 3.05) is 6.54 Å². The van der Waals surface area contributed by atoms with Gasteiger partial charge in [-0.15, -0.1) is 0 Å². The van der Waals surface area contributed by atoms with E-state index in [4.69, 9.17) is 4.74 Å². The Morgan fingerprint density at radius 1 is 1.33 bits per heavy atom. The van der Waals surface area contributed by atoms with Gasteiger partial charge in [0.15, 0.2) is 0 Å². The molecule has 4 atom stereocenters. The van der Waals surface area contributed by atoms with E-state index in [1.165, 1.54) is 19.4 Å². The largest absolute Gasteiger partial charge is 0.389 e. The quantitative estimate of drug-likeness (QED) is 0.583. The van der Waals surface area contributed by atoms with Gasteiger partial charge in [-0.1, -0.05) is 19.8 Å². The van der Waals surface area contributed by atoms with E-state index in [0.717, 1.165) is 13.0 Å². The van der Waals surface area contributed by atoms with Crippen LogP contribution in [0.5, 0.6) is 0 Å². The molecule has 0 unspecified atom stereocenters. The third-order valence-corrected chi connectivity index (χ3v) is 2.82. The molecule has 15 heavy (non-hydrogen) atoms. The Kier molecular flexibility index (Phi) is 5.53. The minimum Gasteiger partial charge on any atom is -0.389 e. The third kappa shape index (κ3) is 3.72. The summed E-state index contributed by atoms with van der Waals surface area (Å²) < 4.78 is 5.23. The first kappa shape index (κ1) is 12.9. The van der Waals surface area contributed by atoms with E-state index in [2.05, 4.69) is 12.2 Å². The van der Waals surface area contributed by atoms with E-state index < -0.39 is 12.2 Å². The first-order chi connectivity index (χ1) is 7.16. The van der Waals surface area contributed by atoms with Crippen LogP contribution in [-0.4, -0.2) is 41.1 Å². The molecule has 1 saturated heterocycles. The van der Waals surface area contributed by atoms with E-state index in [1.54, 1.807) is 0 Å². The van der Waals surface area contributed by atoms with Crippen LogP contribution in [0.3, 0.4) is 0 Å². The Morgan fingerprint density at radius 2 is 2.07 bits per heavy atom. The molecule has 4 heteroatoms. The highest BCUT2D eigenvalue weighted by atomic mass is 16.5. The zero-order chi connectivity index (χ0) is 11.3. The lowest BCUT2D eigenvalue weighted by Crippen LogP contribution is -2.56. The SMILES string of the molecule is CCCCCN[C@H]1[C@H](O)[C@H](O)[CH]O[C@@H]1C. The molecule has 4 nitrogen and oxygen atoms in total. The molecule has 1 fully saturated rings. The van der Waals surface area contributed by atoms with Gasteiger partial charge in [0.2, 0.25) is 0 Å². The summed E-state index contributed by atoms with van der Waals surface area (Å²) in [7, 11) is 0. The van der Waals surface area contributed by atoms with Crippen molar-refractivity contribution < 1.29 is 14.9 Å². The molecular weight excluding hydrogens is 194 g/mol. The van der Waals surface area contributed by atoms with Crippen LogP contribution in [0.15, 0.2) is 0 Å². The zero-order valence-corrected chi connectivity index (χ0v) is 9.52. The number of hydrogen-bond donors (Lipinski definition) is 3. The summed E-state index contributed by atoms with van der Waals surface area (Å²) in [6, 6.07) is -0.179. The van der Waals surface area contributed by atoms with E-state index >= 15 is 0 Å². The van der Waals surface area contributed by atoms with Crippen LogP contribution in [0.2, 0.25) is 0 Å². The van der Waals surface area contributed by atoms with Crippen LogP contribution in [0.25, 0.3) is 0 Å². The van der Waals surface area contributed by atoms with Gasteiger partial charge in [-0.2, -0.15) is 0 Å². The van der Waals surface area contributed by atoms with Gasteiger partial charge in [0.05, 0.1) is 12.1 Å². The van der Waals surface area contributed by atoms with Gasteiger partial charge in [-0.05, 0) is 19.9 Å². The molecule has 1 aliphatic rings. The minimum absolute atomic E-state index is 0.0926. The molecular formula is C11H22NO3. The number of ether oxygens (including phenoxy) is 1. The smallest absolute Gasteiger partial charge is 0.115 e. The summed E-state index contributed by atoms with van der Waals surface area (Å²) in [6.07, 6.45) is 1.70. The first-order valence-electron chi connectivity index (χ1n) is 5.75. The van der Waals surface area contributed by atoms with Gasteiger partial charge in [0, 0.05) is 0 Å². The molecule has 0 aromatic rings. The molecule has 0 spiro atoms. The Balaban J connectivity index is 2.29. The number of aliphatic hydroxyl groups is 2. The van der Waals surface area contributed by atoms with Crippen molar-refractivity contribution in [3.63, 3.8) is 0 Å². The molecule has 1 radical (unpaired) electrons. The summed E-state index contributed by atoms with van der Waals surface area (Å²) in [6.45, 7) is 6.21. The van der Waals surface area contributed by atoms with E-state index in [9.17, 15) is 10.2 Å². The predicted octanol–water partition coefficient (Wildman–Crippen LogP) is 0.437. The molecule has 0 saturated carbocycles. The highest BCUT2D eigenvalue weighted by Crippen LogP contribution is 2.17. The predicted molar refractivity (Wildman–Crippen MR) is 58.2 cm³/mol. The third-order valence-electron chi connectivity index (χ3n) is 2.82. The van der Waals surface area contributed by atoms with Crippen molar-refractivity contribution in [1.82, 2.24) is 5.32 Å². The second kappa shape index (κ2) is 6.43. The van der Waals surface area contributed by atoms with Crippen LogP contribution < -0.4 is 5.32 Å². The molecule has 0 aliphatic carbocycles. The highest BCUT2D eigenvalue weighted by Gasteiger charge is 2.36. The standard InChI is InChI=1S/C11H22NO3/c1-3-4-5-6-12-10-8(2)15-7-9(13)11(10)14/h7-14H,3-6H2,1-2H3/t8-,9-,10-,11-/m1/s1. The number of rotatable bonds is 5. The summed E-state index contributed by atoms with van der Waals surface area (Å²) in [4.78, 5) is 0. The van der Waals surface area contributed by atoms with Crippen LogP contribution in [0.1, 0.15) is 33.1 Å². The van der Waals surface area contributed by atoms with E-state index in [1.807, 2.05) is 6.92 Å². The van der Waals surface area contributed by atoms with Crippen molar-refractivity contribution in [3.05, 3.63) is 6.61 Å². The van der Waals surface area contributed by atoms with Crippen molar-refractivity contribution in [2.45, 2.75) is 57.5 Å². The van der Waals surface area contributed by atoms with Crippen molar-refractivity contribution in [1.29, 1.82) is 0 Å². The fourth-order valence-corrected chi connectivity index (χ4v) is 1.79. The highest BCUT2D eigenvalue weighted by molar-refractivity contribution is 4.94. The Labute approximate surface area is 91.6 Å². The van der Waals surface area contributed by atoms with Gasteiger partial charge in [0.1, 0.15) is 18.8 Å². The number of unbranched alkanes of at least 4 members (excludes halogenated alkanes) is 2. The Hall–Kier alpha value is -0.160. The zero-order valence-electron chi connectivity index (χ0n) is 9.52. The van der Waals surface area contributed by atoms with Gasteiger partial charge in [-0.3, -0.25) is 0 Å². The molecule has 3 N–H and O–H groups in total. The maximum absolute atomic E-state index is 9.74. The molecule has 1 heterocycles. The second-order valence-electron chi connectivity index (χ2n) is 4.15. The van der Waals surface area contributed by atoms with Gasteiger partial charge in [-0.25, -0.2) is 0 Å². The number of hydrogen-bond acceptors (Lipinski definition) is 4. The molecule has 0 aromatic heterocycles. The number of nitrogens with one attached hydrogen (secondary N) is 1. The van der Waals surface area contributed by atoms with Gasteiger partial charge < -0.3 is 20.3 Å². The van der Waals surface area contributed by atoms with Crippen LogP contribution in [0.4, 0.5) is 0 Å². The number of aliphatic hydroxyl groups excluding tert-OH is 2. The molecule has 89 valence electrons. The molecule has 0 aromatic carbocycles.